The maximum Gasteiger partial charge on any atom is 0.0363 e. The highest BCUT2D eigenvalue weighted by Gasteiger charge is 2.14. The van der Waals surface area contributed by atoms with Crippen molar-refractivity contribution >= 4 is 43.6 Å². The van der Waals surface area contributed by atoms with E-state index in [1.165, 1.54) is 76.8 Å². The van der Waals surface area contributed by atoms with Crippen molar-refractivity contribution in [1.82, 2.24) is 5.32 Å². The van der Waals surface area contributed by atoms with E-state index in [-0.39, 0.29) is 0 Å². The fourth-order valence-electron chi connectivity index (χ4n) is 7.49. The van der Waals surface area contributed by atoms with Crippen LogP contribution in [0.2, 0.25) is 0 Å². The number of nitrogens with two attached hydrogens (primary N) is 1. The zero-order chi connectivity index (χ0) is 38.7. The Balaban J connectivity index is 0.000000425. The van der Waals surface area contributed by atoms with Crippen LogP contribution in [-0.2, 0) is 6.54 Å². The molecule has 3 N–H and O–H groups in total. The molecule has 0 bridgehead atoms. The number of hydrogen-bond acceptors (Lipinski definition) is 2. The Kier molecular flexibility index (Phi) is 12.3. The lowest BCUT2D eigenvalue weighted by molar-refractivity contribution is 0.864. The normalized spacial score (nSPS) is 12.1. The molecule has 8 aromatic rings. The van der Waals surface area contributed by atoms with Gasteiger partial charge in [-0.2, -0.15) is 0 Å². The Bertz CT molecular complexity index is 2630. The molecule has 0 aliphatic heterocycles. The molecule has 0 radical (unpaired) electrons. The van der Waals surface area contributed by atoms with Crippen molar-refractivity contribution in [2.75, 3.05) is 6.54 Å². The Hall–Kier alpha value is -6.48. The van der Waals surface area contributed by atoms with Crippen molar-refractivity contribution in [2.24, 2.45) is 5.73 Å². The molecule has 56 heavy (non-hydrogen) atoms. The fourth-order valence-corrected chi connectivity index (χ4v) is 7.49. The second-order valence-corrected chi connectivity index (χ2v) is 13.9. The van der Waals surface area contributed by atoms with E-state index < -0.39 is 0 Å². The average molecular weight is 727 g/mol. The molecule has 0 aromatic heterocycles. The van der Waals surface area contributed by atoms with Gasteiger partial charge in [0.2, 0.25) is 0 Å². The lowest BCUT2D eigenvalue weighted by atomic mass is 9.88. The predicted octanol–water partition coefficient (Wildman–Crippen LogP) is 14.0. The van der Waals surface area contributed by atoms with Crippen molar-refractivity contribution < 1.29 is 0 Å². The Morgan fingerprint density at radius 3 is 1.77 bits per heavy atom. The van der Waals surface area contributed by atoms with Crippen molar-refractivity contribution in [1.29, 1.82) is 0 Å². The van der Waals surface area contributed by atoms with Crippen LogP contribution in [0.1, 0.15) is 43.4 Å². The van der Waals surface area contributed by atoms with E-state index in [2.05, 4.69) is 170 Å². The molecule has 1 aliphatic rings. The van der Waals surface area contributed by atoms with E-state index in [4.69, 9.17) is 5.73 Å². The van der Waals surface area contributed by atoms with E-state index in [1.54, 1.807) is 0 Å². The molecular weight excluding hydrogens is 677 g/mol. The Morgan fingerprint density at radius 2 is 1.11 bits per heavy atom. The van der Waals surface area contributed by atoms with Gasteiger partial charge in [0.1, 0.15) is 0 Å². The van der Waals surface area contributed by atoms with Gasteiger partial charge >= 0.3 is 0 Å². The minimum atomic E-state index is 0.640. The van der Waals surface area contributed by atoms with Crippen molar-refractivity contribution in [3.8, 4) is 22.3 Å². The first kappa shape index (κ1) is 37.8. The highest BCUT2D eigenvalue weighted by atomic mass is 14.9. The number of fused-ring (bicyclic) bond motifs is 4. The third-order valence-electron chi connectivity index (χ3n) is 10.5. The summed E-state index contributed by atoms with van der Waals surface area (Å²) in [4.78, 5) is 0. The SMILES string of the molecule is C=C(NCC1=CC=C(c2ccccc2)CC1)c1ccc(-c2c(-c3ccc4ccc5ccccc5c4c3)ccc3ccccc23)cc1.CC.NCc1ccccc1. The smallest absolute Gasteiger partial charge is 0.0363 e. The van der Waals surface area contributed by atoms with Crippen LogP contribution in [0.4, 0.5) is 0 Å². The summed E-state index contributed by atoms with van der Waals surface area (Å²) < 4.78 is 0. The summed E-state index contributed by atoms with van der Waals surface area (Å²) in [5.41, 5.74) is 17.7. The quantitative estimate of drug-likeness (QED) is 0.153. The third kappa shape index (κ3) is 8.57. The summed E-state index contributed by atoms with van der Waals surface area (Å²) in [5, 5.41) is 11.2. The van der Waals surface area contributed by atoms with Gasteiger partial charge in [-0.15, -0.1) is 0 Å². The summed E-state index contributed by atoms with van der Waals surface area (Å²) in [6.45, 7) is 9.84. The number of hydrogen-bond donors (Lipinski definition) is 2. The highest BCUT2D eigenvalue weighted by Crippen LogP contribution is 2.40. The van der Waals surface area contributed by atoms with E-state index in [0.717, 1.165) is 30.6 Å². The highest BCUT2D eigenvalue weighted by molar-refractivity contribution is 6.10. The number of nitrogens with one attached hydrogen (secondary N) is 1. The molecule has 0 saturated carbocycles. The molecule has 0 saturated heterocycles. The first-order valence-electron chi connectivity index (χ1n) is 19.8. The molecule has 0 fully saturated rings. The van der Waals surface area contributed by atoms with Crippen molar-refractivity contribution in [2.45, 2.75) is 33.2 Å². The number of rotatable bonds is 8. The van der Waals surface area contributed by atoms with Gasteiger partial charge in [-0.3, -0.25) is 0 Å². The minimum Gasteiger partial charge on any atom is -0.381 e. The maximum atomic E-state index is 5.35. The predicted molar refractivity (Wildman–Crippen MR) is 244 cm³/mol. The maximum absolute atomic E-state index is 5.35. The molecule has 2 nitrogen and oxygen atoms in total. The summed E-state index contributed by atoms with van der Waals surface area (Å²) in [6, 6.07) is 62.8. The molecule has 8 aromatic carbocycles. The lowest BCUT2D eigenvalue weighted by Gasteiger charge is -2.18. The van der Waals surface area contributed by atoms with E-state index in [0.29, 0.717) is 6.54 Å². The van der Waals surface area contributed by atoms with Crippen LogP contribution in [0.5, 0.6) is 0 Å². The molecule has 0 atom stereocenters. The van der Waals surface area contributed by atoms with E-state index >= 15 is 0 Å². The molecule has 1 aliphatic carbocycles. The van der Waals surface area contributed by atoms with Crippen LogP contribution < -0.4 is 11.1 Å². The first-order chi connectivity index (χ1) is 27.6. The standard InChI is InChI=1S/C45H35N.C7H9N.C2H6/c1-31(46-30-32-15-17-35(18-16-32)34-9-3-2-4-10-34)33-19-24-39(25-20-33)45-42-14-8-6-12-37(42)27-28-43(45)40-26-23-38-22-21-36-11-5-7-13-41(36)44(38)29-40;8-6-7-4-2-1-3-5-7;1-2/h2-15,17,19-29,46H,1,16,18,30H2;1-5H,6,8H2;1-2H3. The molecular formula is C54H50N2. The molecule has 9 rings (SSSR count). The summed E-state index contributed by atoms with van der Waals surface area (Å²) in [6.07, 6.45) is 6.67. The molecule has 2 heteroatoms. The number of allylic oxidation sites excluding steroid dienone is 3. The zero-order valence-electron chi connectivity index (χ0n) is 32.5. The first-order valence-corrected chi connectivity index (χ1v) is 19.8. The Labute approximate surface area is 332 Å². The fraction of sp³-hybridized carbons (Fsp3) is 0.111. The molecule has 0 unspecified atom stereocenters. The monoisotopic (exact) mass is 726 g/mol. The molecule has 276 valence electrons. The van der Waals surface area contributed by atoms with Gasteiger partial charge in [-0.25, -0.2) is 0 Å². The van der Waals surface area contributed by atoms with Gasteiger partial charge < -0.3 is 11.1 Å². The topological polar surface area (TPSA) is 38.0 Å². The Morgan fingerprint density at radius 1 is 0.536 bits per heavy atom. The molecule has 0 heterocycles. The van der Waals surface area contributed by atoms with Gasteiger partial charge in [0, 0.05) is 18.8 Å². The molecule has 0 spiro atoms. The molecule has 0 amide bonds. The number of benzene rings is 8. The largest absolute Gasteiger partial charge is 0.381 e. The van der Waals surface area contributed by atoms with Crippen LogP contribution in [0.3, 0.4) is 0 Å². The van der Waals surface area contributed by atoms with Crippen LogP contribution in [-0.4, -0.2) is 6.54 Å². The van der Waals surface area contributed by atoms with Crippen LogP contribution in [0.15, 0.2) is 200 Å². The van der Waals surface area contributed by atoms with Crippen LogP contribution in [0, 0.1) is 0 Å². The zero-order valence-corrected chi connectivity index (χ0v) is 32.5. The van der Waals surface area contributed by atoms with E-state index in [9.17, 15) is 0 Å². The summed E-state index contributed by atoms with van der Waals surface area (Å²) >= 11 is 0. The van der Waals surface area contributed by atoms with Crippen molar-refractivity contribution in [3.05, 3.63) is 217 Å². The van der Waals surface area contributed by atoms with Crippen LogP contribution in [0.25, 0.3) is 65.8 Å². The summed E-state index contributed by atoms with van der Waals surface area (Å²) in [5.74, 6) is 0. The van der Waals surface area contributed by atoms with Gasteiger partial charge in [0.05, 0.1) is 0 Å². The van der Waals surface area contributed by atoms with Crippen molar-refractivity contribution in [3.63, 3.8) is 0 Å². The van der Waals surface area contributed by atoms with E-state index in [1.807, 2.05) is 44.2 Å². The minimum absolute atomic E-state index is 0.640. The summed E-state index contributed by atoms with van der Waals surface area (Å²) in [7, 11) is 0. The van der Waals surface area contributed by atoms with Gasteiger partial charge in [-0.1, -0.05) is 208 Å². The average Bonchev–Trinajstić information content (AvgIpc) is 3.29. The third-order valence-corrected chi connectivity index (χ3v) is 10.5. The van der Waals surface area contributed by atoms with Gasteiger partial charge in [0.15, 0.2) is 0 Å². The van der Waals surface area contributed by atoms with Crippen LogP contribution >= 0.6 is 0 Å². The second kappa shape index (κ2) is 18.2. The van der Waals surface area contributed by atoms with Gasteiger partial charge in [-0.05, 0) is 95.7 Å². The second-order valence-electron chi connectivity index (χ2n) is 13.9. The lowest BCUT2D eigenvalue weighted by Crippen LogP contribution is -2.16. The van der Waals surface area contributed by atoms with Gasteiger partial charge in [0.25, 0.3) is 0 Å².